The number of aryl methyl sites for hydroxylation is 1. The Morgan fingerprint density at radius 2 is 1.50 bits per heavy atom. The summed E-state index contributed by atoms with van der Waals surface area (Å²) >= 11 is 0. The van der Waals surface area contributed by atoms with Crippen molar-refractivity contribution in [2.75, 3.05) is 5.73 Å². The maximum absolute atomic E-state index is 11.9. The van der Waals surface area contributed by atoms with Gasteiger partial charge in [0.05, 0.1) is 0 Å². The Bertz CT molecular complexity index is 631. The van der Waals surface area contributed by atoms with Gasteiger partial charge in [-0.25, -0.2) is 0 Å². The van der Waals surface area contributed by atoms with Crippen molar-refractivity contribution in [3.8, 4) is 5.75 Å². The highest BCUT2D eigenvalue weighted by Crippen LogP contribution is 2.19. The minimum atomic E-state index is -3.80. The SMILES string of the molecule is Cc1ccc(OS(=O)(=O)c2ccc(N)cc2)cc1. The molecule has 0 bridgehead atoms. The normalized spacial score (nSPS) is 11.2. The van der Waals surface area contributed by atoms with Crippen LogP contribution in [0.25, 0.3) is 0 Å². The van der Waals surface area contributed by atoms with Crippen molar-refractivity contribution >= 4 is 15.8 Å². The first-order valence-electron chi connectivity index (χ1n) is 5.34. The van der Waals surface area contributed by atoms with Crippen LogP contribution in [0, 0.1) is 6.92 Å². The lowest BCUT2D eigenvalue weighted by atomic mass is 10.2. The molecule has 2 rings (SSSR count). The van der Waals surface area contributed by atoms with E-state index < -0.39 is 10.1 Å². The molecule has 18 heavy (non-hydrogen) atoms. The number of hydrogen-bond donors (Lipinski definition) is 1. The van der Waals surface area contributed by atoms with Crippen LogP contribution in [0.1, 0.15) is 5.56 Å². The van der Waals surface area contributed by atoms with Crippen molar-refractivity contribution in [3.63, 3.8) is 0 Å². The number of nitrogens with two attached hydrogens (primary N) is 1. The number of hydrogen-bond acceptors (Lipinski definition) is 4. The molecule has 0 aromatic heterocycles. The second-order valence-corrected chi connectivity index (χ2v) is 5.47. The van der Waals surface area contributed by atoms with E-state index >= 15 is 0 Å². The highest BCUT2D eigenvalue weighted by molar-refractivity contribution is 7.87. The van der Waals surface area contributed by atoms with Crippen LogP contribution in [0.2, 0.25) is 0 Å². The fourth-order valence-electron chi connectivity index (χ4n) is 1.40. The van der Waals surface area contributed by atoms with Crippen molar-refractivity contribution in [2.45, 2.75) is 11.8 Å². The van der Waals surface area contributed by atoms with Crippen molar-refractivity contribution in [1.29, 1.82) is 0 Å². The third-order valence-corrected chi connectivity index (χ3v) is 3.66. The highest BCUT2D eigenvalue weighted by atomic mass is 32.2. The Hall–Kier alpha value is -2.01. The summed E-state index contributed by atoms with van der Waals surface area (Å²) in [7, 11) is -3.80. The first-order valence-corrected chi connectivity index (χ1v) is 6.75. The fraction of sp³-hybridized carbons (Fsp3) is 0.0769. The molecular formula is C13H13NO3S. The van der Waals surface area contributed by atoms with Crippen molar-refractivity contribution in [1.82, 2.24) is 0 Å². The molecule has 5 heteroatoms. The monoisotopic (exact) mass is 263 g/mol. The van der Waals surface area contributed by atoms with Gasteiger partial charge in [0.1, 0.15) is 10.6 Å². The van der Waals surface area contributed by atoms with Crippen molar-refractivity contribution in [3.05, 3.63) is 54.1 Å². The summed E-state index contributed by atoms with van der Waals surface area (Å²) in [5.74, 6) is 0.289. The summed E-state index contributed by atoms with van der Waals surface area (Å²) < 4.78 is 28.9. The van der Waals surface area contributed by atoms with Crippen molar-refractivity contribution < 1.29 is 12.6 Å². The van der Waals surface area contributed by atoms with Crippen LogP contribution in [0.3, 0.4) is 0 Å². The maximum Gasteiger partial charge on any atom is 0.339 e. The molecule has 4 nitrogen and oxygen atoms in total. The number of nitrogen functional groups attached to an aromatic ring is 1. The number of rotatable bonds is 3. The molecule has 2 aromatic carbocycles. The molecule has 0 unspecified atom stereocenters. The molecular weight excluding hydrogens is 250 g/mol. The fourth-order valence-corrected chi connectivity index (χ4v) is 2.33. The summed E-state index contributed by atoms with van der Waals surface area (Å²) in [6, 6.07) is 12.7. The van der Waals surface area contributed by atoms with Gasteiger partial charge in [-0.2, -0.15) is 8.42 Å². The van der Waals surface area contributed by atoms with Crippen LogP contribution in [-0.2, 0) is 10.1 Å². The van der Waals surface area contributed by atoms with E-state index in [1.54, 1.807) is 24.3 Å². The lowest BCUT2D eigenvalue weighted by Gasteiger charge is -2.07. The average Bonchev–Trinajstić information content (AvgIpc) is 2.32. The Balaban J connectivity index is 2.27. The second kappa shape index (κ2) is 4.70. The predicted molar refractivity (Wildman–Crippen MR) is 69.8 cm³/mol. The van der Waals surface area contributed by atoms with E-state index in [-0.39, 0.29) is 10.6 Å². The van der Waals surface area contributed by atoms with Crippen LogP contribution in [0.4, 0.5) is 5.69 Å². The Morgan fingerprint density at radius 3 is 2.06 bits per heavy atom. The minimum absolute atomic E-state index is 0.0808. The standard InChI is InChI=1S/C13H13NO3S/c1-10-2-6-12(7-3-10)17-18(15,16)13-8-4-11(14)5-9-13/h2-9H,14H2,1H3. The molecule has 94 valence electrons. The van der Waals surface area contributed by atoms with Gasteiger partial charge in [-0.15, -0.1) is 0 Å². The van der Waals surface area contributed by atoms with Crippen LogP contribution in [-0.4, -0.2) is 8.42 Å². The number of benzene rings is 2. The van der Waals surface area contributed by atoms with Gasteiger partial charge in [-0.3, -0.25) is 0 Å². The molecule has 2 aromatic rings. The molecule has 0 radical (unpaired) electrons. The first kappa shape index (κ1) is 12.4. The van der Waals surface area contributed by atoms with Crippen LogP contribution in [0.5, 0.6) is 5.75 Å². The largest absolute Gasteiger partial charge is 0.399 e. The first-order chi connectivity index (χ1) is 8.47. The van der Waals surface area contributed by atoms with E-state index in [0.29, 0.717) is 5.69 Å². The van der Waals surface area contributed by atoms with Gasteiger partial charge in [0.15, 0.2) is 0 Å². The Kier molecular flexibility index (Phi) is 3.25. The van der Waals surface area contributed by atoms with Gasteiger partial charge in [-0.1, -0.05) is 17.7 Å². The van der Waals surface area contributed by atoms with E-state index in [0.717, 1.165) is 5.56 Å². The Labute approximate surface area is 106 Å². The quantitative estimate of drug-likeness (QED) is 0.681. The summed E-state index contributed by atoms with van der Waals surface area (Å²) in [4.78, 5) is 0.0808. The molecule has 0 heterocycles. The second-order valence-electron chi connectivity index (χ2n) is 3.92. The van der Waals surface area contributed by atoms with E-state index in [9.17, 15) is 8.42 Å². The molecule has 2 N–H and O–H groups in total. The lowest BCUT2D eigenvalue weighted by Crippen LogP contribution is -2.09. The summed E-state index contributed by atoms with van der Waals surface area (Å²) in [6.45, 7) is 1.91. The van der Waals surface area contributed by atoms with E-state index in [2.05, 4.69) is 0 Å². The third kappa shape index (κ3) is 2.81. The minimum Gasteiger partial charge on any atom is -0.399 e. The molecule has 0 aliphatic heterocycles. The van der Waals surface area contributed by atoms with Gasteiger partial charge >= 0.3 is 10.1 Å². The predicted octanol–water partition coefficient (Wildman–Crippen LogP) is 2.34. The van der Waals surface area contributed by atoms with Gasteiger partial charge < -0.3 is 9.92 Å². The van der Waals surface area contributed by atoms with Crippen LogP contribution < -0.4 is 9.92 Å². The zero-order valence-corrected chi connectivity index (χ0v) is 10.6. The van der Waals surface area contributed by atoms with Gasteiger partial charge in [0, 0.05) is 5.69 Å². The topological polar surface area (TPSA) is 69.4 Å². The summed E-state index contributed by atoms with van der Waals surface area (Å²) in [5, 5.41) is 0. The molecule has 0 aliphatic carbocycles. The van der Waals surface area contributed by atoms with Crippen molar-refractivity contribution in [2.24, 2.45) is 0 Å². The molecule has 0 aliphatic rings. The van der Waals surface area contributed by atoms with Crippen LogP contribution >= 0.6 is 0 Å². The van der Waals surface area contributed by atoms with Gasteiger partial charge in [0.2, 0.25) is 0 Å². The average molecular weight is 263 g/mol. The van der Waals surface area contributed by atoms with E-state index in [1.165, 1.54) is 24.3 Å². The van der Waals surface area contributed by atoms with E-state index in [4.69, 9.17) is 9.92 Å². The van der Waals surface area contributed by atoms with Gasteiger partial charge in [-0.05, 0) is 43.3 Å². The zero-order chi connectivity index (χ0) is 13.2. The highest BCUT2D eigenvalue weighted by Gasteiger charge is 2.15. The molecule has 0 saturated heterocycles. The molecule has 0 spiro atoms. The smallest absolute Gasteiger partial charge is 0.339 e. The molecule has 0 atom stereocenters. The third-order valence-electron chi connectivity index (χ3n) is 2.40. The molecule has 0 amide bonds. The lowest BCUT2D eigenvalue weighted by molar-refractivity contribution is 0.486. The summed E-state index contributed by atoms with van der Waals surface area (Å²) in [6.07, 6.45) is 0. The zero-order valence-electron chi connectivity index (χ0n) is 9.83. The van der Waals surface area contributed by atoms with E-state index in [1.807, 2.05) is 6.92 Å². The Morgan fingerprint density at radius 1 is 0.944 bits per heavy atom. The summed E-state index contributed by atoms with van der Waals surface area (Å²) in [5.41, 5.74) is 7.04. The van der Waals surface area contributed by atoms with Gasteiger partial charge in [0.25, 0.3) is 0 Å². The molecule has 0 fully saturated rings. The molecule has 0 saturated carbocycles. The number of anilines is 1. The maximum atomic E-state index is 11.9. The van der Waals surface area contributed by atoms with Crippen LogP contribution in [0.15, 0.2) is 53.4 Å².